The molecule has 0 saturated heterocycles. The molecule has 3 aromatic carbocycles. The van der Waals surface area contributed by atoms with E-state index in [0.717, 1.165) is 28.1 Å². The third-order valence-corrected chi connectivity index (χ3v) is 7.48. The van der Waals surface area contributed by atoms with Crippen molar-refractivity contribution in [2.24, 2.45) is 0 Å². The van der Waals surface area contributed by atoms with Crippen LogP contribution in [0.4, 0.5) is 10.1 Å². The minimum atomic E-state index is -3.66. The fourth-order valence-electron chi connectivity index (χ4n) is 4.31. The quantitative estimate of drug-likeness (QED) is 0.318. The summed E-state index contributed by atoms with van der Waals surface area (Å²) in [6.07, 6.45) is 2.45. The first-order valence-corrected chi connectivity index (χ1v) is 14.9. The molecule has 1 N–H and O–H groups in total. The molecule has 9 heteroatoms. The molecule has 0 fully saturated rings. The van der Waals surface area contributed by atoms with Gasteiger partial charge in [-0.3, -0.25) is 13.9 Å². The van der Waals surface area contributed by atoms with Crippen LogP contribution in [0, 0.1) is 5.82 Å². The third kappa shape index (κ3) is 9.21. The van der Waals surface area contributed by atoms with Crippen LogP contribution in [0.15, 0.2) is 84.9 Å². The maximum absolute atomic E-state index is 13.7. The minimum Gasteiger partial charge on any atom is -0.354 e. The van der Waals surface area contributed by atoms with Crippen molar-refractivity contribution in [2.45, 2.75) is 45.2 Å². The molecule has 7 nitrogen and oxygen atoms in total. The summed E-state index contributed by atoms with van der Waals surface area (Å²) in [6, 6.07) is 23.5. The van der Waals surface area contributed by atoms with E-state index in [1.807, 2.05) is 67.6 Å². The lowest BCUT2D eigenvalue weighted by atomic mass is 10.0. The van der Waals surface area contributed by atoms with Gasteiger partial charge in [0.2, 0.25) is 21.8 Å². The first-order valence-electron chi connectivity index (χ1n) is 13.1. The summed E-state index contributed by atoms with van der Waals surface area (Å²) in [6.45, 7) is 2.75. The molecule has 0 radical (unpaired) electrons. The van der Waals surface area contributed by atoms with E-state index in [1.54, 1.807) is 4.90 Å². The molecule has 0 unspecified atom stereocenters. The van der Waals surface area contributed by atoms with Crippen LogP contribution in [0.25, 0.3) is 0 Å². The lowest BCUT2D eigenvalue weighted by Gasteiger charge is -2.32. The molecule has 0 aliphatic heterocycles. The Kier molecular flexibility index (Phi) is 11.0. The predicted octanol–water partition coefficient (Wildman–Crippen LogP) is 4.54. The van der Waals surface area contributed by atoms with E-state index in [2.05, 4.69) is 5.32 Å². The van der Waals surface area contributed by atoms with Crippen molar-refractivity contribution < 1.29 is 22.4 Å². The Morgan fingerprint density at radius 1 is 0.897 bits per heavy atom. The van der Waals surface area contributed by atoms with Crippen molar-refractivity contribution in [3.8, 4) is 0 Å². The minimum absolute atomic E-state index is 0.0341. The van der Waals surface area contributed by atoms with Crippen LogP contribution in [0.3, 0.4) is 0 Å². The van der Waals surface area contributed by atoms with Crippen LogP contribution in [-0.2, 0) is 32.6 Å². The molecule has 0 aliphatic rings. The topological polar surface area (TPSA) is 86.8 Å². The van der Waals surface area contributed by atoms with Crippen LogP contribution in [0.5, 0.6) is 0 Å². The lowest BCUT2D eigenvalue weighted by molar-refractivity contribution is -0.141. The van der Waals surface area contributed by atoms with Gasteiger partial charge in [0.25, 0.3) is 0 Å². The highest BCUT2D eigenvalue weighted by atomic mass is 32.2. The maximum atomic E-state index is 13.7. The van der Waals surface area contributed by atoms with Crippen molar-refractivity contribution in [1.29, 1.82) is 0 Å². The molecule has 39 heavy (non-hydrogen) atoms. The molecule has 0 spiro atoms. The molecule has 0 aromatic heterocycles. The van der Waals surface area contributed by atoms with Gasteiger partial charge in [0.15, 0.2) is 0 Å². The monoisotopic (exact) mass is 553 g/mol. The second-order valence-corrected chi connectivity index (χ2v) is 11.3. The lowest BCUT2D eigenvalue weighted by Crippen LogP contribution is -2.50. The number of hydrogen-bond acceptors (Lipinski definition) is 4. The number of nitrogens with zero attached hydrogens (tertiary/aromatic N) is 2. The average Bonchev–Trinajstić information content (AvgIpc) is 2.92. The van der Waals surface area contributed by atoms with E-state index in [9.17, 15) is 22.4 Å². The summed E-state index contributed by atoms with van der Waals surface area (Å²) in [7, 11) is -3.66. The Labute approximate surface area is 230 Å². The number of carbonyl (C=O) groups is 2. The highest BCUT2D eigenvalue weighted by molar-refractivity contribution is 7.92. The van der Waals surface area contributed by atoms with E-state index >= 15 is 0 Å². The second-order valence-electron chi connectivity index (χ2n) is 9.42. The molecule has 208 valence electrons. The van der Waals surface area contributed by atoms with Crippen molar-refractivity contribution in [3.63, 3.8) is 0 Å². The van der Waals surface area contributed by atoms with Crippen LogP contribution < -0.4 is 9.62 Å². The van der Waals surface area contributed by atoms with Crippen LogP contribution in [-0.4, -0.2) is 50.5 Å². The van der Waals surface area contributed by atoms with E-state index in [4.69, 9.17) is 0 Å². The highest BCUT2D eigenvalue weighted by Gasteiger charge is 2.30. The van der Waals surface area contributed by atoms with Gasteiger partial charge in [-0.05, 0) is 48.2 Å². The predicted molar refractivity (Wildman–Crippen MR) is 152 cm³/mol. The highest BCUT2D eigenvalue weighted by Crippen LogP contribution is 2.20. The van der Waals surface area contributed by atoms with E-state index in [-0.39, 0.29) is 37.7 Å². The molecule has 0 heterocycles. The van der Waals surface area contributed by atoms with E-state index in [0.29, 0.717) is 18.7 Å². The fourth-order valence-corrected chi connectivity index (χ4v) is 5.28. The second kappa shape index (κ2) is 14.4. The van der Waals surface area contributed by atoms with Crippen molar-refractivity contribution in [1.82, 2.24) is 10.2 Å². The Morgan fingerprint density at radius 3 is 2.05 bits per heavy atom. The van der Waals surface area contributed by atoms with Gasteiger partial charge < -0.3 is 10.2 Å². The smallest absolute Gasteiger partial charge is 0.243 e. The Hall–Kier alpha value is -3.72. The summed E-state index contributed by atoms with van der Waals surface area (Å²) in [5.74, 6) is -0.946. The molecule has 3 aromatic rings. The van der Waals surface area contributed by atoms with Crippen molar-refractivity contribution in [3.05, 3.63) is 102 Å². The number of anilines is 1. The van der Waals surface area contributed by atoms with Gasteiger partial charge in [0.05, 0.1) is 11.9 Å². The molecular formula is C30H36FN3O4S. The Bertz CT molecular complexity index is 1300. The van der Waals surface area contributed by atoms with Gasteiger partial charge in [0.1, 0.15) is 11.9 Å². The zero-order chi connectivity index (χ0) is 28.3. The van der Waals surface area contributed by atoms with Gasteiger partial charge in [-0.25, -0.2) is 12.8 Å². The zero-order valence-corrected chi connectivity index (χ0v) is 23.2. The molecule has 2 amide bonds. The van der Waals surface area contributed by atoms with Crippen LogP contribution >= 0.6 is 0 Å². The van der Waals surface area contributed by atoms with E-state index in [1.165, 1.54) is 24.3 Å². The first kappa shape index (κ1) is 29.8. The molecule has 0 aliphatic carbocycles. The summed E-state index contributed by atoms with van der Waals surface area (Å²) in [5, 5.41) is 2.94. The molecule has 0 bridgehead atoms. The number of halogens is 1. The summed E-state index contributed by atoms with van der Waals surface area (Å²) in [5.41, 5.74) is 2.14. The van der Waals surface area contributed by atoms with E-state index < -0.39 is 21.9 Å². The number of amides is 2. The summed E-state index contributed by atoms with van der Waals surface area (Å²) in [4.78, 5) is 28.6. The van der Waals surface area contributed by atoms with Gasteiger partial charge in [-0.15, -0.1) is 0 Å². The van der Waals surface area contributed by atoms with Gasteiger partial charge in [-0.1, -0.05) is 67.6 Å². The summed E-state index contributed by atoms with van der Waals surface area (Å²) < 4.78 is 39.5. The zero-order valence-electron chi connectivity index (χ0n) is 22.4. The average molecular weight is 554 g/mol. The third-order valence-electron chi connectivity index (χ3n) is 6.28. The van der Waals surface area contributed by atoms with Crippen molar-refractivity contribution in [2.75, 3.05) is 23.7 Å². The fraction of sp³-hybridized carbons (Fsp3) is 0.333. The van der Waals surface area contributed by atoms with Crippen LogP contribution in [0.2, 0.25) is 0 Å². The SMILES string of the molecule is CCCNC(=O)[C@H](Cc1ccccc1)N(Cc1ccccc1)C(=O)CCCN(c1ccc(F)cc1)S(C)(=O)=O. The molecular weight excluding hydrogens is 517 g/mol. The number of rotatable bonds is 14. The Morgan fingerprint density at radius 2 is 1.49 bits per heavy atom. The number of nitrogens with one attached hydrogen (secondary N) is 1. The normalized spacial score (nSPS) is 12.0. The first-order chi connectivity index (χ1) is 18.7. The Balaban J connectivity index is 1.84. The van der Waals surface area contributed by atoms with Gasteiger partial charge in [0, 0.05) is 32.5 Å². The molecule has 0 saturated carbocycles. The number of sulfonamides is 1. The van der Waals surface area contributed by atoms with Crippen LogP contribution in [0.1, 0.15) is 37.3 Å². The standard InChI is InChI=1S/C30H36FN3O4S/c1-3-20-32-30(36)28(22-24-11-6-4-7-12-24)33(23-25-13-8-5-9-14-25)29(35)15-10-21-34(39(2,37)38)27-18-16-26(31)17-19-27/h4-9,11-14,16-19,28H,3,10,15,20-23H2,1-2H3,(H,32,36)/t28-/m0/s1. The number of benzene rings is 3. The number of hydrogen-bond donors (Lipinski definition) is 1. The maximum Gasteiger partial charge on any atom is 0.243 e. The summed E-state index contributed by atoms with van der Waals surface area (Å²) >= 11 is 0. The van der Waals surface area contributed by atoms with Gasteiger partial charge >= 0.3 is 0 Å². The van der Waals surface area contributed by atoms with Gasteiger partial charge in [-0.2, -0.15) is 0 Å². The van der Waals surface area contributed by atoms with Crippen molar-refractivity contribution >= 4 is 27.5 Å². The largest absolute Gasteiger partial charge is 0.354 e. The molecule has 1 atom stereocenters. The number of carbonyl (C=O) groups excluding carboxylic acids is 2. The molecule has 3 rings (SSSR count).